The van der Waals surface area contributed by atoms with Gasteiger partial charge in [0.2, 0.25) is 0 Å². The van der Waals surface area contributed by atoms with Gasteiger partial charge < -0.3 is 14.5 Å². The maximum Gasteiger partial charge on any atom is 0.256 e. The van der Waals surface area contributed by atoms with E-state index in [4.69, 9.17) is 0 Å². The summed E-state index contributed by atoms with van der Waals surface area (Å²) >= 11 is 0. The number of hydrogen-bond donors (Lipinski definition) is 1. The molecule has 37 heavy (non-hydrogen) atoms. The number of rotatable bonds is 5. The van der Waals surface area contributed by atoms with E-state index >= 15 is 0 Å². The standard InChI is InChI=1S/C27H25F2N7O/c28-19-1-2-23(29)22(13-19)26(37)34-10-5-20(6-11-34)35-15-27(16-35,7-8-30)36-12-4-18(14-36)24-21-3-9-31-25(21)33-17-32-24/h1-4,9,12-14,17,20H,5-7,10-11,15-16H2,(H,31,32,33). The van der Waals surface area contributed by atoms with Gasteiger partial charge in [-0.05, 0) is 43.2 Å². The van der Waals surface area contributed by atoms with Crippen LogP contribution in [0, 0.1) is 23.0 Å². The number of likely N-dealkylation sites (tertiary alicyclic amines) is 2. The Morgan fingerprint density at radius 3 is 2.76 bits per heavy atom. The molecule has 8 nitrogen and oxygen atoms in total. The predicted molar refractivity (Wildman–Crippen MR) is 132 cm³/mol. The third-order valence-electron chi connectivity index (χ3n) is 7.70. The van der Waals surface area contributed by atoms with Crippen LogP contribution in [0.2, 0.25) is 0 Å². The molecular formula is C27H25F2N7O. The molecule has 2 saturated heterocycles. The number of benzene rings is 1. The number of piperidine rings is 1. The number of nitrogens with one attached hydrogen (secondary N) is 1. The second-order valence-electron chi connectivity index (χ2n) is 9.88. The Kier molecular flexibility index (Phi) is 5.72. The van der Waals surface area contributed by atoms with Crippen LogP contribution >= 0.6 is 0 Å². The summed E-state index contributed by atoms with van der Waals surface area (Å²) in [7, 11) is 0. The molecule has 188 valence electrons. The van der Waals surface area contributed by atoms with E-state index in [9.17, 15) is 18.8 Å². The van der Waals surface area contributed by atoms with Gasteiger partial charge in [0.1, 0.15) is 23.6 Å². The number of carbonyl (C=O) groups is 1. The molecule has 0 radical (unpaired) electrons. The highest BCUT2D eigenvalue weighted by Crippen LogP contribution is 2.38. The highest BCUT2D eigenvalue weighted by molar-refractivity contribution is 5.94. The number of aromatic amines is 1. The summed E-state index contributed by atoms with van der Waals surface area (Å²) in [5.41, 5.74) is 2.05. The van der Waals surface area contributed by atoms with Crippen molar-refractivity contribution in [2.45, 2.75) is 30.8 Å². The van der Waals surface area contributed by atoms with Gasteiger partial charge in [-0.15, -0.1) is 0 Å². The van der Waals surface area contributed by atoms with Gasteiger partial charge in [0, 0.05) is 61.8 Å². The normalized spacial score (nSPS) is 18.0. The first-order chi connectivity index (χ1) is 18.0. The van der Waals surface area contributed by atoms with Crippen molar-refractivity contribution in [1.29, 1.82) is 5.26 Å². The average molecular weight is 502 g/mol. The summed E-state index contributed by atoms with van der Waals surface area (Å²) in [5.74, 6) is -1.80. The van der Waals surface area contributed by atoms with Crippen LogP contribution in [0.4, 0.5) is 8.78 Å². The minimum Gasteiger partial charge on any atom is -0.346 e. The van der Waals surface area contributed by atoms with Crippen LogP contribution in [0.25, 0.3) is 22.3 Å². The fourth-order valence-corrected chi connectivity index (χ4v) is 5.68. The topological polar surface area (TPSA) is 93.8 Å². The van der Waals surface area contributed by atoms with Crippen molar-refractivity contribution in [2.75, 3.05) is 26.2 Å². The second kappa shape index (κ2) is 9.09. The molecule has 0 saturated carbocycles. The maximum absolute atomic E-state index is 14.1. The molecule has 5 heterocycles. The molecule has 1 amide bonds. The molecule has 4 aromatic rings. The maximum atomic E-state index is 14.1. The minimum atomic E-state index is -0.706. The van der Waals surface area contributed by atoms with Crippen LogP contribution in [0.3, 0.4) is 0 Å². The van der Waals surface area contributed by atoms with Gasteiger partial charge >= 0.3 is 0 Å². The van der Waals surface area contributed by atoms with Crippen molar-refractivity contribution in [1.82, 2.24) is 29.3 Å². The van der Waals surface area contributed by atoms with Gasteiger partial charge in [-0.2, -0.15) is 5.26 Å². The largest absolute Gasteiger partial charge is 0.346 e. The Hall–Kier alpha value is -4.10. The zero-order valence-corrected chi connectivity index (χ0v) is 20.1. The number of amides is 1. The highest BCUT2D eigenvalue weighted by Gasteiger charge is 2.47. The Morgan fingerprint density at radius 2 is 1.97 bits per heavy atom. The van der Waals surface area contributed by atoms with Crippen molar-refractivity contribution in [3.63, 3.8) is 0 Å². The van der Waals surface area contributed by atoms with Crippen LogP contribution < -0.4 is 0 Å². The van der Waals surface area contributed by atoms with Crippen molar-refractivity contribution in [2.24, 2.45) is 0 Å². The van der Waals surface area contributed by atoms with Crippen LogP contribution in [-0.2, 0) is 5.54 Å². The SMILES string of the molecule is N#CCC1(n2ccc(-c3ncnc4[nH]ccc34)c2)CN(C2CCN(C(=O)c3cc(F)ccc3F)CC2)C1. The number of H-pyrrole nitrogens is 1. The van der Waals surface area contributed by atoms with E-state index in [1.54, 1.807) is 11.2 Å². The van der Waals surface area contributed by atoms with Gasteiger partial charge in [-0.1, -0.05) is 0 Å². The Bertz CT molecular complexity index is 1510. The summed E-state index contributed by atoms with van der Waals surface area (Å²) < 4.78 is 29.8. The Balaban J connectivity index is 1.13. The molecule has 6 rings (SSSR count). The lowest BCUT2D eigenvalue weighted by Gasteiger charge is -2.54. The fraction of sp³-hybridized carbons (Fsp3) is 0.333. The van der Waals surface area contributed by atoms with Crippen molar-refractivity contribution < 1.29 is 13.6 Å². The lowest BCUT2D eigenvalue weighted by Crippen LogP contribution is -2.66. The molecule has 0 spiro atoms. The first-order valence-electron chi connectivity index (χ1n) is 12.3. The number of nitriles is 1. The van der Waals surface area contributed by atoms with Gasteiger partial charge in [0.05, 0.1) is 29.3 Å². The summed E-state index contributed by atoms with van der Waals surface area (Å²) in [4.78, 5) is 28.5. The number of aromatic nitrogens is 4. The quantitative estimate of drug-likeness (QED) is 0.447. The third-order valence-corrected chi connectivity index (χ3v) is 7.70. The van der Waals surface area contributed by atoms with E-state index in [-0.39, 0.29) is 17.1 Å². The van der Waals surface area contributed by atoms with E-state index in [1.807, 2.05) is 24.5 Å². The molecule has 2 fully saturated rings. The number of halogens is 2. The average Bonchev–Trinajstić information content (AvgIpc) is 3.57. The molecule has 2 aliphatic rings. The molecule has 0 bridgehead atoms. The van der Waals surface area contributed by atoms with Gasteiger partial charge in [0.15, 0.2) is 0 Å². The van der Waals surface area contributed by atoms with Crippen LogP contribution in [0.5, 0.6) is 0 Å². The van der Waals surface area contributed by atoms with Crippen molar-refractivity contribution in [3.8, 4) is 17.3 Å². The highest BCUT2D eigenvalue weighted by atomic mass is 19.1. The molecule has 0 unspecified atom stereocenters. The molecular weight excluding hydrogens is 476 g/mol. The van der Waals surface area contributed by atoms with Crippen LogP contribution in [0.1, 0.15) is 29.6 Å². The van der Waals surface area contributed by atoms with E-state index in [2.05, 4.69) is 36.7 Å². The fourth-order valence-electron chi connectivity index (χ4n) is 5.68. The van der Waals surface area contributed by atoms with Crippen molar-refractivity contribution >= 4 is 16.9 Å². The first kappa shape index (κ1) is 23.3. The van der Waals surface area contributed by atoms with E-state index < -0.39 is 17.5 Å². The molecule has 0 aliphatic carbocycles. The van der Waals surface area contributed by atoms with Gasteiger partial charge in [-0.3, -0.25) is 9.69 Å². The van der Waals surface area contributed by atoms with Crippen LogP contribution in [-0.4, -0.2) is 67.4 Å². The number of carbonyl (C=O) groups excluding carboxylic acids is 1. The lowest BCUT2D eigenvalue weighted by atomic mass is 9.83. The summed E-state index contributed by atoms with van der Waals surface area (Å²) in [5, 5.41) is 10.5. The number of nitrogens with zero attached hydrogens (tertiary/aromatic N) is 6. The molecule has 10 heteroatoms. The van der Waals surface area contributed by atoms with Crippen LogP contribution in [0.15, 0.2) is 55.2 Å². The lowest BCUT2D eigenvalue weighted by molar-refractivity contribution is -0.0348. The number of hydrogen-bond acceptors (Lipinski definition) is 5. The third kappa shape index (κ3) is 4.05. The second-order valence-corrected chi connectivity index (χ2v) is 9.88. The summed E-state index contributed by atoms with van der Waals surface area (Å²) in [6.07, 6.45) is 9.33. The molecule has 2 aliphatic heterocycles. The van der Waals surface area contributed by atoms with Gasteiger partial charge in [0.25, 0.3) is 5.91 Å². The zero-order chi connectivity index (χ0) is 25.6. The Morgan fingerprint density at radius 1 is 1.16 bits per heavy atom. The minimum absolute atomic E-state index is 0.223. The first-order valence-corrected chi connectivity index (χ1v) is 12.3. The summed E-state index contributed by atoms with van der Waals surface area (Å²) in [6.45, 7) is 2.43. The number of fused-ring (bicyclic) bond motifs is 1. The van der Waals surface area contributed by atoms with Gasteiger partial charge in [-0.25, -0.2) is 18.7 Å². The van der Waals surface area contributed by atoms with E-state index in [0.29, 0.717) is 19.5 Å². The molecule has 1 N–H and O–H groups in total. The monoisotopic (exact) mass is 501 g/mol. The molecule has 1 aromatic carbocycles. The van der Waals surface area contributed by atoms with Crippen molar-refractivity contribution in [3.05, 3.63) is 72.4 Å². The van der Waals surface area contributed by atoms with E-state index in [1.165, 1.54) is 0 Å². The smallest absolute Gasteiger partial charge is 0.256 e. The van der Waals surface area contributed by atoms with E-state index in [0.717, 1.165) is 66.4 Å². The molecule has 3 aromatic heterocycles. The zero-order valence-electron chi connectivity index (χ0n) is 20.1. The predicted octanol–water partition coefficient (Wildman–Crippen LogP) is 3.93. The Labute approximate surface area is 212 Å². The summed E-state index contributed by atoms with van der Waals surface area (Å²) in [6, 6.07) is 9.57. The molecule has 0 atom stereocenters.